The van der Waals surface area contributed by atoms with Crippen molar-refractivity contribution in [3.63, 3.8) is 0 Å². The zero-order chi connectivity index (χ0) is 19.0. The lowest BCUT2D eigenvalue weighted by Crippen LogP contribution is -2.49. The molecule has 1 unspecified atom stereocenters. The molecule has 1 saturated heterocycles. The summed E-state index contributed by atoms with van der Waals surface area (Å²) < 4.78 is 23.0. The van der Waals surface area contributed by atoms with Gasteiger partial charge in [-0.2, -0.15) is 0 Å². The molecule has 1 heterocycles. The zero-order valence-corrected chi connectivity index (χ0v) is 19.7. The number of nitrogens with zero attached hydrogens (tertiary/aromatic N) is 2. The van der Waals surface area contributed by atoms with Crippen molar-refractivity contribution in [3.8, 4) is 0 Å². The van der Waals surface area contributed by atoms with E-state index in [0.29, 0.717) is 10.9 Å². The van der Waals surface area contributed by atoms with Gasteiger partial charge in [0.05, 0.1) is 4.90 Å². The smallest absolute Gasteiger partial charge is 0.191 e. The highest BCUT2D eigenvalue weighted by Gasteiger charge is 2.20. The Kier molecular flexibility index (Phi) is 10.6. The number of hydrogen-bond acceptors (Lipinski definition) is 4. The summed E-state index contributed by atoms with van der Waals surface area (Å²) in [5, 5.41) is 6.77. The number of likely N-dealkylation sites (tertiary alicyclic amines) is 1. The van der Waals surface area contributed by atoms with Gasteiger partial charge in [0.2, 0.25) is 0 Å². The van der Waals surface area contributed by atoms with Gasteiger partial charge in [-0.15, -0.1) is 24.0 Å². The van der Waals surface area contributed by atoms with Crippen LogP contribution in [0.25, 0.3) is 0 Å². The maximum atomic E-state index is 11.5. The number of hydrogen-bond donors (Lipinski definition) is 2. The fourth-order valence-electron chi connectivity index (χ4n) is 3.37. The van der Waals surface area contributed by atoms with Crippen LogP contribution in [0.1, 0.15) is 31.7 Å². The first kappa shape index (κ1) is 24.2. The second kappa shape index (κ2) is 11.9. The lowest BCUT2D eigenvalue weighted by atomic mass is 10.0. The largest absolute Gasteiger partial charge is 0.356 e. The molecule has 2 N–H and O–H groups in total. The van der Waals surface area contributed by atoms with Crippen molar-refractivity contribution < 1.29 is 8.42 Å². The Morgan fingerprint density at radius 3 is 2.52 bits per heavy atom. The lowest BCUT2D eigenvalue weighted by Gasteiger charge is -2.35. The van der Waals surface area contributed by atoms with Crippen LogP contribution in [0.2, 0.25) is 0 Å². The van der Waals surface area contributed by atoms with E-state index in [9.17, 15) is 8.42 Å². The molecule has 6 nitrogen and oxygen atoms in total. The summed E-state index contributed by atoms with van der Waals surface area (Å²) in [6, 6.07) is 7.65. The number of rotatable bonds is 7. The normalized spacial score (nSPS) is 18.6. The molecular formula is C19H33IN4O2S. The van der Waals surface area contributed by atoms with E-state index in [1.54, 1.807) is 19.2 Å². The molecule has 0 bridgehead atoms. The molecule has 0 spiro atoms. The van der Waals surface area contributed by atoms with Crippen LogP contribution in [0.4, 0.5) is 0 Å². The highest BCUT2D eigenvalue weighted by Crippen LogP contribution is 2.15. The Morgan fingerprint density at radius 1 is 1.22 bits per heavy atom. The van der Waals surface area contributed by atoms with Crippen LogP contribution in [0.3, 0.4) is 0 Å². The van der Waals surface area contributed by atoms with Crippen molar-refractivity contribution in [3.05, 3.63) is 29.8 Å². The summed E-state index contributed by atoms with van der Waals surface area (Å²) in [4.78, 5) is 7.19. The minimum Gasteiger partial charge on any atom is -0.356 e. The van der Waals surface area contributed by atoms with Crippen LogP contribution in [-0.4, -0.2) is 64.8 Å². The lowest BCUT2D eigenvalue weighted by molar-refractivity contribution is 0.157. The highest BCUT2D eigenvalue weighted by atomic mass is 127. The third kappa shape index (κ3) is 7.95. The number of halogens is 1. The standard InChI is InChI=1S/C19H32N4O2S.HI/c1-4-23-14-6-5-7-17(23)15-22-19(20-2)21-13-12-16-8-10-18(11-9-16)26(3,24)25;/h8-11,17H,4-7,12-15H2,1-3H3,(H2,20,21,22);1H. The van der Waals surface area contributed by atoms with E-state index in [1.165, 1.54) is 32.1 Å². The van der Waals surface area contributed by atoms with Crippen molar-refractivity contribution in [2.24, 2.45) is 4.99 Å². The van der Waals surface area contributed by atoms with Crippen molar-refractivity contribution in [1.29, 1.82) is 0 Å². The molecule has 8 heteroatoms. The first-order valence-electron chi connectivity index (χ1n) is 9.41. The monoisotopic (exact) mass is 508 g/mol. The SMILES string of the molecule is CCN1CCCCC1CNC(=NC)NCCc1ccc(S(C)(=O)=O)cc1.I. The number of piperidine rings is 1. The quantitative estimate of drug-likeness (QED) is 0.336. The van der Waals surface area contributed by atoms with Crippen LogP contribution < -0.4 is 10.6 Å². The molecule has 1 aromatic rings. The maximum absolute atomic E-state index is 11.5. The summed E-state index contributed by atoms with van der Waals surface area (Å²) in [5.41, 5.74) is 1.10. The van der Waals surface area contributed by atoms with E-state index in [0.717, 1.165) is 37.6 Å². The van der Waals surface area contributed by atoms with Gasteiger partial charge in [0.15, 0.2) is 15.8 Å². The first-order chi connectivity index (χ1) is 12.4. The summed E-state index contributed by atoms with van der Waals surface area (Å²) in [7, 11) is -1.34. The van der Waals surface area contributed by atoms with E-state index in [4.69, 9.17) is 0 Å². The fourth-order valence-corrected chi connectivity index (χ4v) is 4.00. The minimum absolute atomic E-state index is 0. The van der Waals surface area contributed by atoms with E-state index in [1.807, 2.05) is 12.1 Å². The van der Waals surface area contributed by atoms with Crippen molar-refractivity contribution in [2.75, 3.05) is 39.5 Å². The summed E-state index contributed by atoms with van der Waals surface area (Å²) in [6.07, 6.45) is 5.89. The Labute approximate surface area is 181 Å². The van der Waals surface area contributed by atoms with Crippen LogP contribution >= 0.6 is 24.0 Å². The predicted molar refractivity (Wildman–Crippen MR) is 123 cm³/mol. The molecule has 154 valence electrons. The molecule has 27 heavy (non-hydrogen) atoms. The summed E-state index contributed by atoms with van der Waals surface area (Å²) in [5.74, 6) is 0.819. The molecule has 1 aliphatic heterocycles. The highest BCUT2D eigenvalue weighted by molar-refractivity contribution is 14.0. The molecule has 0 radical (unpaired) electrons. The molecule has 0 aliphatic carbocycles. The molecule has 0 saturated carbocycles. The fraction of sp³-hybridized carbons (Fsp3) is 0.632. The third-order valence-corrected chi connectivity index (χ3v) is 6.07. The second-order valence-corrected chi connectivity index (χ2v) is 8.84. The van der Waals surface area contributed by atoms with Crippen LogP contribution in [0, 0.1) is 0 Å². The number of guanidine groups is 1. The van der Waals surface area contributed by atoms with Gasteiger partial charge in [0.25, 0.3) is 0 Å². The van der Waals surface area contributed by atoms with Gasteiger partial charge in [-0.05, 0) is 50.0 Å². The van der Waals surface area contributed by atoms with E-state index < -0.39 is 9.84 Å². The van der Waals surface area contributed by atoms with Crippen LogP contribution in [0.5, 0.6) is 0 Å². The predicted octanol–water partition coefficient (Wildman–Crippen LogP) is 2.29. The average molecular weight is 508 g/mol. The van der Waals surface area contributed by atoms with Gasteiger partial charge < -0.3 is 10.6 Å². The molecule has 0 aromatic heterocycles. The first-order valence-corrected chi connectivity index (χ1v) is 11.3. The van der Waals surface area contributed by atoms with Crippen LogP contribution in [-0.2, 0) is 16.3 Å². The second-order valence-electron chi connectivity index (χ2n) is 6.82. The molecule has 2 rings (SSSR count). The van der Waals surface area contributed by atoms with Crippen molar-refractivity contribution in [1.82, 2.24) is 15.5 Å². The Morgan fingerprint density at radius 2 is 1.93 bits per heavy atom. The number of nitrogens with one attached hydrogen (secondary N) is 2. The van der Waals surface area contributed by atoms with Gasteiger partial charge in [-0.3, -0.25) is 9.89 Å². The summed E-state index contributed by atoms with van der Waals surface area (Å²) in [6.45, 7) is 6.18. The number of sulfone groups is 1. The molecule has 1 fully saturated rings. The Hall–Kier alpha value is -0.870. The van der Waals surface area contributed by atoms with Gasteiger partial charge in [0.1, 0.15) is 0 Å². The van der Waals surface area contributed by atoms with Gasteiger partial charge >= 0.3 is 0 Å². The summed E-state index contributed by atoms with van der Waals surface area (Å²) >= 11 is 0. The number of aliphatic imine (C=N–C) groups is 1. The topological polar surface area (TPSA) is 73.8 Å². The van der Waals surface area contributed by atoms with Gasteiger partial charge in [-0.25, -0.2) is 8.42 Å². The van der Waals surface area contributed by atoms with E-state index >= 15 is 0 Å². The van der Waals surface area contributed by atoms with Gasteiger partial charge in [-0.1, -0.05) is 25.5 Å². The van der Waals surface area contributed by atoms with E-state index in [-0.39, 0.29) is 24.0 Å². The molecule has 1 atom stereocenters. The van der Waals surface area contributed by atoms with Gasteiger partial charge in [0, 0.05) is 32.4 Å². The minimum atomic E-state index is -3.13. The number of benzene rings is 1. The van der Waals surface area contributed by atoms with Crippen LogP contribution in [0.15, 0.2) is 34.2 Å². The Bertz CT molecular complexity index is 692. The Balaban J connectivity index is 0.00000364. The van der Waals surface area contributed by atoms with E-state index in [2.05, 4.69) is 27.4 Å². The molecule has 1 aliphatic rings. The van der Waals surface area contributed by atoms with Crippen molar-refractivity contribution in [2.45, 2.75) is 43.5 Å². The van der Waals surface area contributed by atoms with Crippen molar-refractivity contribution >= 4 is 39.8 Å². The molecular weight excluding hydrogens is 475 g/mol. The number of likely N-dealkylation sites (N-methyl/N-ethyl adjacent to an activating group) is 1. The maximum Gasteiger partial charge on any atom is 0.191 e. The molecule has 0 amide bonds. The third-order valence-electron chi connectivity index (χ3n) is 4.94. The zero-order valence-electron chi connectivity index (χ0n) is 16.6. The average Bonchev–Trinajstić information content (AvgIpc) is 2.64. The molecule has 1 aromatic carbocycles.